The van der Waals surface area contributed by atoms with Crippen molar-refractivity contribution in [1.82, 2.24) is 0 Å². The zero-order valence-electron chi connectivity index (χ0n) is 30.7. The normalized spacial score (nSPS) is 21.9. The summed E-state index contributed by atoms with van der Waals surface area (Å²) in [4.78, 5) is 68.7. The Hall–Kier alpha value is -3.95. The number of carbonyl (C=O) groups excluding carboxylic acids is 5. The van der Waals surface area contributed by atoms with Crippen LogP contribution in [0.5, 0.6) is 17.2 Å². The number of allylic oxidation sites excluding steroid dienone is 4. The van der Waals surface area contributed by atoms with Crippen molar-refractivity contribution in [3.05, 3.63) is 39.4 Å². The fourth-order valence-electron chi connectivity index (χ4n) is 7.61. The first kappa shape index (κ1) is 38.5. The number of rotatable bonds is 8. The lowest BCUT2D eigenvalue weighted by molar-refractivity contribution is -0.146. The average Bonchev–Trinajstić information content (AvgIpc) is 2.96. The van der Waals surface area contributed by atoms with E-state index in [0.717, 1.165) is 0 Å². The van der Waals surface area contributed by atoms with E-state index in [9.17, 15) is 49.5 Å². The molecule has 10 heteroatoms. The molecule has 0 spiro atoms. The van der Waals surface area contributed by atoms with Crippen LogP contribution in [0.2, 0.25) is 0 Å². The average molecular weight is 669 g/mol. The van der Waals surface area contributed by atoms with Crippen LogP contribution in [0.15, 0.2) is 22.7 Å². The Morgan fingerprint density at radius 1 is 0.500 bits per heavy atom. The molecule has 2 aliphatic rings. The molecule has 0 fully saturated rings. The third-order valence-electron chi connectivity index (χ3n) is 10.4. The standard InChI is InChI=1S/C38H52O10/c1-15(2)18(22-29(43)35(7,8)33(47)36(9,10)30(22)44)20-26(40)21(28(42)24(27(20)41)25(39)17(5)6)19(16(3)4)23-31(45)37(11,12)34(48)38(13,14)32(23)46/h15-19,40-43,45H,1-14H3/t18-,19-/m0/s1. The van der Waals surface area contributed by atoms with Crippen LogP contribution in [0.3, 0.4) is 0 Å². The number of hydrogen-bond donors (Lipinski definition) is 5. The summed E-state index contributed by atoms with van der Waals surface area (Å²) in [5, 5.41) is 59.2. The van der Waals surface area contributed by atoms with Gasteiger partial charge in [-0.25, -0.2) is 0 Å². The topological polar surface area (TPSA) is 186 Å². The van der Waals surface area contributed by atoms with Gasteiger partial charge in [0, 0.05) is 40.0 Å². The van der Waals surface area contributed by atoms with Gasteiger partial charge in [-0.15, -0.1) is 0 Å². The lowest BCUT2D eigenvalue weighted by Crippen LogP contribution is -2.50. The third kappa shape index (κ3) is 5.26. The summed E-state index contributed by atoms with van der Waals surface area (Å²) in [7, 11) is 0. The number of benzene rings is 1. The summed E-state index contributed by atoms with van der Waals surface area (Å²) >= 11 is 0. The summed E-state index contributed by atoms with van der Waals surface area (Å²) in [6, 6.07) is 0. The van der Waals surface area contributed by atoms with Gasteiger partial charge in [0.05, 0.1) is 21.7 Å². The molecule has 0 aliphatic heterocycles. The molecule has 0 radical (unpaired) electrons. The number of Topliss-reactive ketones (excluding diaryl/α,β-unsaturated/α-hetero) is 5. The van der Waals surface area contributed by atoms with Crippen LogP contribution in [0.25, 0.3) is 0 Å². The number of aliphatic hydroxyl groups is 2. The van der Waals surface area contributed by atoms with Crippen LogP contribution in [-0.4, -0.2) is 54.4 Å². The number of aromatic hydroxyl groups is 3. The van der Waals surface area contributed by atoms with Crippen molar-refractivity contribution in [3.63, 3.8) is 0 Å². The van der Waals surface area contributed by atoms with Gasteiger partial charge in [-0.1, -0.05) is 41.5 Å². The predicted molar refractivity (Wildman–Crippen MR) is 180 cm³/mol. The second kappa shape index (κ2) is 11.9. The maximum Gasteiger partial charge on any atom is 0.175 e. The number of phenolic OH excluding ortho intramolecular Hbond substituents is 3. The summed E-state index contributed by atoms with van der Waals surface area (Å²) in [6.07, 6.45) is 0. The van der Waals surface area contributed by atoms with Crippen LogP contribution in [0.4, 0.5) is 0 Å². The Kier molecular flexibility index (Phi) is 9.53. The molecule has 0 unspecified atom stereocenters. The SMILES string of the molecule is CC(C)C(=O)c1c(O)c([C@@H](C2=C(O)C(C)(C)C(=O)C(C)(C)C2=O)C(C)C)c(O)c([C@@H](C2=C(O)C(C)(C)C(=O)C(C)(C)C2=O)C(C)C)c1O. The number of aliphatic hydroxyl groups excluding tert-OH is 2. The summed E-state index contributed by atoms with van der Waals surface area (Å²) in [5.41, 5.74) is -8.04. The van der Waals surface area contributed by atoms with E-state index in [1.54, 1.807) is 41.5 Å². The molecule has 0 bridgehead atoms. The van der Waals surface area contributed by atoms with Gasteiger partial charge in [-0.3, -0.25) is 24.0 Å². The van der Waals surface area contributed by atoms with Crippen molar-refractivity contribution in [3.8, 4) is 17.2 Å². The van der Waals surface area contributed by atoms with Crippen LogP contribution in [0, 0.1) is 39.4 Å². The van der Waals surface area contributed by atoms with Gasteiger partial charge in [-0.2, -0.15) is 0 Å². The first-order valence-electron chi connectivity index (χ1n) is 16.5. The molecule has 2 atom stereocenters. The van der Waals surface area contributed by atoms with E-state index in [2.05, 4.69) is 0 Å². The summed E-state index contributed by atoms with van der Waals surface area (Å²) in [6.45, 7) is 21.3. The van der Waals surface area contributed by atoms with E-state index in [1.807, 2.05) is 0 Å². The minimum atomic E-state index is -1.60. The quantitative estimate of drug-likeness (QED) is 0.141. The van der Waals surface area contributed by atoms with Crippen molar-refractivity contribution in [2.24, 2.45) is 39.4 Å². The van der Waals surface area contributed by atoms with Crippen LogP contribution in [-0.2, 0) is 19.2 Å². The highest BCUT2D eigenvalue weighted by Gasteiger charge is 2.57. The predicted octanol–water partition coefficient (Wildman–Crippen LogP) is 7.15. The second-order valence-corrected chi connectivity index (χ2v) is 16.6. The van der Waals surface area contributed by atoms with E-state index >= 15 is 0 Å². The molecule has 0 heterocycles. The Balaban J connectivity index is 2.68. The molecule has 264 valence electrons. The molecular formula is C38H52O10. The van der Waals surface area contributed by atoms with Crippen molar-refractivity contribution in [1.29, 1.82) is 0 Å². The van der Waals surface area contributed by atoms with Crippen molar-refractivity contribution in [2.45, 2.75) is 109 Å². The van der Waals surface area contributed by atoms with E-state index in [-0.39, 0.29) is 22.3 Å². The zero-order valence-corrected chi connectivity index (χ0v) is 30.7. The van der Waals surface area contributed by atoms with E-state index in [1.165, 1.54) is 55.4 Å². The molecule has 48 heavy (non-hydrogen) atoms. The highest BCUT2D eigenvalue weighted by Crippen LogP contribution is 2.58. The van der Waals surface area contributed by atoms with Crippen molar-refractivity contribution in [2.75, 3.05) is 0 Å². The third-order valence-corrected chi connectivity index (χ3v) is 10.4. The minimum Gasteiger partial charge on any atom is -0.511 e. The molecule has 2 aliphatic carbocycles. The molecule has 10 nitrogen and oxygen atoms in total. The maximum atomic E-state index is 14.1. The van der Waals surface area contributed by atoms with Gasteiger partial charge in [-0.05, 0) is 67.2 Å². The minimum absolute atomic E-state index is 0.241. The van der Waals surface area contributed by atoms with Crippen molar-refractivity contribution < 1.29 is 49.5 Å². The second-order valence-electron chi connectivity index (χ2n) is 16.6. The summed E-state index contributed by atoms with van der Waals surface area (Å²) in [5.74, 6) is -11.5. The number of carbonyl (C=O) groups is 5. The van der Waals surface area contributed by atoms with Gasteiger partial charge < -0.3 is 25.5 Å². The van der Waals surface area contributed by atoms with Gasteiger partial charge in [0.2, 0.25) is 0 Å². The molecule has 1 aromatic carbocycles. The van der Waals surface area contributed by atoms with Crippen molar-refractivity contribution >= 4 is 28.9 Å². The smallest absolute Gasteiger partial charge is 0.175 e. The largest absolute Gasteiger partial charge is 0.511 e. The van der Waals surface area contributed by atoms with Crippen LogP contribution < -0.4 is 0 Å². The summed E-state index contributed by atoms with van der Waals surface area (Å²) < 4.78 is 0. The molecule has 0 amide bonds. The van der Waals surface area contributed by atoms with E-state index in [0.29, 0.717) is 0 Å². The first-order chi connectivity index (χ1) is 21.5. The highest BCUT2D eigenvalue weighted by molar-refractivity contribution is 6.20. The van der Waals surface area contributed by atoms with Crippen LogP contribution >= 0.6 is 0 Å². The molecular weight excluding hydrogens is 616 g/mol. The Bertz CT molecular complexity index is 1580. The first-order valence-corrected chi connectivity index (χ1v) is 16.5. The number of ketones is 5. The molecule has 1 aromatic rings. The highest BCUT2D eigenvalue weighted by atomic mass is 16.3. The van der Waals surface area contributed by atoms with Gasteiger partial charge in [0.25, 0.3) is 0 Å². The van der Waals surface area contributed by atoms with Gasteiger partial charge in [0.15, 0.2) is 28.9 Å². The van der Waals surface area contributed by atoms with Gasteiger partial charge >= 0.3 is 0 Å². The molecule has 0 saturated carbocycles. The Morgan fingerprint density at radius 2 is 0.792 bits per heavy atom. The van der Waals surface area contributed by atoms with Gasteiger partial charge in [0.1, 0.15) is 34.3 Å². The number of phenols is 3. The lowest BCUT2D eigenvalue weighted by Gasteiger charge is -2.42. The number of hydrogen-bond acceptors (Lipinski definition) is 10. The molecule has 0 saturated heterocycles. The lowest BCUT2D eigenvalue weighted by atomic mass is 9.59. The fourth-order valence-corrected chi connectivity index (χ4v) is 7.61. The maximum absolute atomic E-state index is 14.1. The van der Waals surface area contributed by atoms with Crippen LogP contribution in [0.1, 0.15) is 130 Å². The molecule has 3 rings (SSSR count). The molecule has 5 N–H and O–H groups in total. The van der Waals surface area contributed by atoms with E-state index < -0.39 is 114 Å². The monoisotopic (exact) mass is 668 g/mol. The van der Waals surface area contributed by atoms with E-state index in [4.69, 9.17) is 0 Å². The Morgan fingerprint density at radius 3 is 1.04 bits per heavy atom. The zero-order chi connectivity index (χ0) is 37.5. The fraction of sp³-hybridized carbons (Fsp3) is 0.605. The Labute approximate surface area is 282 Å². The molecule has 0 aromatic heterocycles.